The van der Waals surface area contributed by atoms with Gasteiger partial charge in [0, 0.05) is 38.0 Å². The Labute approximate surface area is 237 Å². The smallest absolute Gasteiger partial charge is 0.253 e. The minimum Gasteiger partial charge on any atom is -0.492 e. The van der Waals surface area contributed by atoms with Crippen LogP contribution >= 0.6 is 0 Å². The van der Waals surface area contributed by atoms with Gasteiger partial charge in [0.2, 0.25) is 11.9 Å². The minimum absolute atomic E-state index is 0.0407. The lowest BCUT2D eigenvalue weighted by atomic mass is 9.75. The molecular formula is C28H36N8O5. The SMILES string of the molecule is C[C@]1(O)CC2(CCN(C(=O)c3ccc(OCCN4CCCC4=O)cc3)CC2)OC[C@@H]1n1cnc2c(N)nc(N)nc21. The molecular weight excluding hydrogens is 528 g/mol. The van der Waals surface area contributed by atoms with Crippen molar-refractivity contribution < 1.29 is 24.2 Å². The van der Waals surface area contributed by atoms with Crippen molar-refractivity contribution in [3.8, 4) is 5.75 Å². The molecule has 5 heterocycles. The first-order valence-corrected chi connectivity index (χ1v) is 14.1. The Morgan fingerprint density at radius 3 is 2.61 bits per heavy atom. The van der Waals surface area contributed by atoms with E-state index in [1.54, 1.807) is 42.1 Å². The maximum absolute atomic E-state index is 13.2. The van der Waals surface area contributed by atoms with Crippen molar-refractivity contribution in [1.29, 1.82) is 0 Å². The molecule has 41 heavy (non-hydrogen) atoms. The molecule has 6 rings (SSSR count). The molecule has 3 saturated heterocycles. The Balaban J connectivity index is 1.04. The van der Waals surface area contributed by atoms with Crippen LogP contribution in [0.3, 0.4) is 0 Å². The maximum atomic E-state index is 13.2. The Morgan fingerprint density at radius 1 is 1.17 bits per heavy atom. The lowest BCUT2D eigenvalue weighted by Gasteiger charge is -2.51. The zero-order valence-corrected chi connectivity index (χ0v) is 23.2. The number of nitrogens with zero attached hydrogens (tertiary/aromatic N) is 6. The van der Waals surface area contributed by atoms with E-state index in [4.69, 9.17) is 20.9 Å². The van der Waals surface area contributed by atoms with Crippen LogP contribution in [-0.4, -0.2) is 96.8 Å². The van der Waals surface area contributed by atoms with Gasteiger partial charge in [0.15, 0.2) is 11.5 Å². The molecule has 2 atom stereocenters. The molecule has 2 amide bonds. The van der Waals surface area contributed by atoms with Crippen LogP contribution in [0.15, 0.2) is 30.6 Å². The zero-order chi connectivity index (χ0) is 28.8. The number of piperidine rings is 1. The van der Waals surface area contributed by atoms with E-state index >= 15 is 0 Å². The summed E-state index contributed by atoms with van der Waals surface area (Å²) in [4.78, 5) is 41.2. The first-order chi connectivity index (χ1) is 19.6. The normalized spacial score (nSPS) is 24.3. The second-order valence-electron chi connectivity index (χ2n) is 11.5. The van der Waals surface area contributed by atoms with Crippen molar-refractivity contribution in [3.05, 3.63) is 36.2 Å². The average molecular weight is 565 g/mol. The molecule has 218 valence electrons. The largest absolute Gasteiger partial charge is 0.492 e. The fourth-order valence-electron chi connectivity index (χ4n) is 6.35. The Hall–Kier alpha value is -3.97. The maximum Gasteiger partial charge on any atom is 0.253 e. The van der Waals surface area contributed by atoms with E-state index in [1.807, 2.05) is 9.80 Å². The number of carbonyl (C=O) groups excluding carboxylic acids is 2. The molecule has 0 radical (unpaired) electrons. The molecule has 0 aliphatic carbocycles. The van der Waals surface area contributed by atoms with Crippen LogP contribution < -0.4 is 16.2 Å². The standard InChI is InChI=1S/C28H36N8O5/c1-27(39)16-28(41-15-20(27)36-17-31-22-23(29)32-26(30)33-24(22)36)8-11-35(12-9-28)25(38)18-4-6-19(7-5-18)40-14-13-34-10-2-3-21(34)37/h4-7,17,20,39H,2-3,8-16H2,1H3,(H4,29,30,32,33)/t20-,27-/m0/s1. The lowest BCUT2D eigenvalue weighted by Crippen LogP contribution is -2.58. The van der Waals surface area contributed by atoms with Gasteiger partial charge in [-0.25, -0.2) is 4.98 Å². The number of hydrogen-bond acceptors (Lipinski definition) is 10. The molecule has 13 heteroatoms. The number of fused-ring (bicyclic) bond motifs is 1. The van der Waals surface area contributed by atoms with Gasteiger partial charge in [0.05, 0.1) is 36.7 Å². The van der Waals surface area contributed by atoms with E-state index in [0.29, 0.717) is 74.4 Å². The zero-order valence-electron chi connectivity index (χ0n) is 23.2. The van der Waals surface area contributed by atoms with E-state index in [0.717, 1.165) is 13.0 Å². The van der Waals surface area contributed by atoms with E-state index in [1.165, 1.54) is 0 Å². The van der Waals surface area contributed by atoms with Gasteiger partial charge >= 0.3 is 0 Å². The Bertz CT molecular complexity index is 1450. The summed E-state index contributed by atoms with van der Waals surface area (Å²) in [5.41, 5.74) is 11.6. The number of amides is 2. The van der Waals surface area contributed by atoms with E-state index in [-0.39, 0.29) is 30.2 Å². The molecule has 2 aromatic heterocycles. The summed E-state index contributed by atoms with van der Waals surface area (Å²) in [6, 6.07) is 6.68. The van der Waals surface area contributed by atoms with Crippen molar-refractivity contribution >= 4 is 34.7 Å². The highest BCUT2D eigenvalue weighted by atomic mass is 16.5. The van der Waals surface area contributed by atoms with Crippen molar-refractivity contribution in [2.45, 2.75) is 56.3 Å². The number of carbonyl (C=O) groups is 2. The monoisotopic (exact) mass is 564 g/mol. The average Bonchev–Trinajstić information content (AvgIpc) is 3.55. The van der Waals surface area contributed by atoms with Crippen molar-refractivity contribution in [2.75, 3.05) is 50.9 Å². The van der Waals surface area contributed by atoms with Crippen LogP contribution in [-0.2, 0) is 9.53 Å². The molecule has 3 aromatic rings. The number of nitrogen functional groups attached to an aromatic ring is 2. The number of rotatable bonds is 6. The fraction of sp³-hybridized carbons (Fsp3) is 0.536. The van der Waals surface area contributed by atoms with Gasteiger partial charge in [-0.3, -0.25) is 9.59 Å². The molecule has 1 aromatic carbocycles. The second-order valence-corrected chi connectivity index (χ2v) is 11.5. The summed E-state index contributed by atoms with van der Waals surface area (Å²) >= 11 is 0. The summed E-state index contributed by atoms with van der Waals surface area (Å²) in [5.74, 6) is 1.03. The number of aromatic nitrogens is 4. The number of benzene rings is 1. The number of likely N-dealkylation sites (tertiary alicyclic amines) is 2. The topological polar surface area (TPSA) is 175 Å². The quantitative estimate of drug-likeness (QED) is 0.397. The van der Waals surface area contributed by atoms with Gasteiger partial charge in [0.25, 0.3) is 5.91 Å². The third-order valence-electron chi connectivity index (χ3n) is 8.61. The highest BCUT2D eigenvalue weighted by Crippen LogP contribution is 2.44. The number of nitrogens with two attached hydrogens (primary N) is 2. The number of hydrogen-bond donors (Lipinski definition) is 3. The predicted molar refractivity (Wildman–Crippen MR) is 150 cm³/mol. The van der Waals surface area contributed by atoms with Gasteiger partial charge in [-0.2, -0.15) is 9.97 Å². The molecule has 0 bridgehead atoms. The minimum atomic E-state index is -1.12. The van der Waals surface area contributed by atoms with Crippen molar-refractivity contribution in [2.24, 2.45) is 0 Å². The van der Waals surface area contributed by atoms with Gasteiger partial charge in [0.1, 0.15) is 17.9 Å². The van der Waals surface area contributed by atoms with E-state index in [2.05, 4.69) is 15.0 Å². The van der Waals surface area contributed by atoms with Gasteiger partial charge in [-0.15, -0.1) is 0 Å². The Morgan fingerprint density at radius 2 is 1.93 bits per heavy atom. The number of imidazole rings is 1. The molecule has 0 unspecified atom stereocenters. The third kappa shape index (κ3) is 5.26. The Kier molecular flexibility index (Phi) is 6.94. The number of aliphatic hydroxyl groups is 1. The summed E-state index contributed by atoms with van der Waals surface area (Å²) < 4.78 is 14.0. The molecule has 5 N–H and O–H groups in total. The lowest BCUT2D eigenvalue weighted by molar-refractivity contribution is -0.194. The van der Waals surface area contributed by atoms with E-state index < -0.39 is 17.2 Å². The summed E-state index contributed by atoms with van der Waals surface area (Å²) in [6.45, 7) is 4.88. The third-order valence-corrected chi connectivity index (χ3v) is 8.61. The molecule has 3 fully saturated rings. The second kappa shape index (κ2) is 10.5. The van der Waals surface area contributed by atoms with Crippen molar-refractivity contribution in [1.82, 2.24) is 29.3 Å². The van der Waals surface area contributed by atoms with Crippen LogP contribution in [0.5, 0.6) is 5.75 Å². The van der Waals surface area contributed by atoms with Crippen LogP contribution in [0.2, 0.25) is 0 Å². The number of anilines is 2. The molecule has 3 aliphatic heterocycles. The molecule has 0 saturated carbocycles. The van der Waals surface area contributed by atoms with Crippen LogP contribution in [0, 0.1) is 0 Å². The van der Waals surface area contributed by atoms with Crippen LogP contribution in [0.25, 0.3) is 11.2 Å². The number of ether oxygens (including phenoxy) is 2. The van der Waals surface area contributed by atoms with Crippen molar-refractivity contribution in [3.63, 3.8) is 0 Å². The summed E-state index contributed by atoms with van der Waals surface area (Å²) in [7, 11) is 0. The highest BCUT2D eigenvalue weighted by Gasteiger charge is 2.50. The van der Waals surface area contributed by atoms with E-state index in [9.17, 15) is 14.7 Å². The van der Waals surface area contributed by atoms with Crippen LogP contribution in [0.1, 0.15) is 55.4 Å². The molecule has 1 spiro atoms. The predicted octanol–water partition coefficient (Wildman–Crippen LogP) is 1.38. The summed E-state index contributed by atoms with van der Waals surface area (Å²) in [5, 5.41) is 11.6. The molecule has 13 nitrogen and oxygen atoms in total. The first-order valence-electron chi connectivity index (χ1n) is 14.1. The van der Waals surface area contributed by atoms with Gasteiger partial charge in [-0.05, 0) is 50.5 Å². The van der Waals surface area contributed by atoms with Gasteiger partial charge < -0.3 is 40.4 Å². The highest BCUT2D eigenvalue weighted by molar-refractivity contribution is 5.94. The fourth-order valence-corrected chi connectivity index (χ4v) is 6.35. The van der Waals surface area contributed by atoms with Crippen LogP contribution in [0.4, 0.5) is 11.8 Å². The summed E-state index contributed by atoms with van der Waals surface area (Å²) in [6.07, 6.45) is 4.74. The first kappa shape index (κ1) is 27.2. The van der Waals surface area contributed by atoms with Gasteiger partial charge in [-0.1, -0.05) is 0 Å². The molecule has 3 aliphatic rings.